The maximum Gasteiger partial charge on any atom is 0.407 e. The lowest BCUT2D eigenvalue weighted by molar-refractivity contribution is -0.124. The minimum atomic E-state index is -0.679. The Bertz CT molecular complexity index is 707. The van der Waals surface area contributed by atoms with E-state index in [9.17, 15) is 14.4 Å². The van der Waals surface area contributed by atoms with Crippen molar-refractivity contribution in [3.63, 3.8) is 0 Å². The van der Waals surface area contributed by atoms with Gasteiger partial charge in [-0.25, -0.2) is 15.7 Å². The number of rotatable bonds is 6. The number of alkyl carbamates (subject to hydrolysis) is 1. The van der Waals surface area contributed by atoms with E-state index in [1.54, 1.807) is 45.0 Å². The molecule has 4 N–H and O–H groups in total. The minimum Gasteiger partial charge on any atom is -0.444 e. The molecule has 0 aliphatic heterocycles. The van der Waals surface area contributed by atoms with E-state index >= 15 is 0 Å². The van der Waals surface area contributed by atoms with Crippen molar-refractivity contribution < 1.29 is 24.3 Å². The maximum atomic E-state index is 12.0. The van der Waals surface area contributed by atoms with Gasteiger partial charge in [0, 0.05) is 17.9 Å². The standard InChI is InChI=1S/C17H22N4O5/c1-17(2,3)26-16(24)18-9-10-19-20-15(23)13-6-4-5-12(11-13)7-8-14(22)21-25/h4-8,10-11,25H,9H2,1-3H3,(H,18,24)(H,20,23)(H,21,22). The highest BCUT2D eigenvalue weighted by atomic mass is 16.6. The first-order valence-electron chi connectivity index (χ1n) is 7.72. The Morgan fingerprint density at radius 2 is 2.00 bits per heavy atom. The Balaban J connectivity index is 2.49. The van der Waals surface area contributed by atoms with Crippen LogP contribution in [0.25, 0.3) is 6.08 Å². The quantitative estimate of drug-likeness (QED) is 0.263. The molecule has 0 atom stereocenters. The van der Waals surface area contributed by atoms with E-state index in [-0.39, 0.29) is 6.54 Å². The fraction of sp³-hybridized carbons (Fsp3) is 0.294. The zero-order valence-electron chi connectivity index (χ0n) is 14.8. The van der Waals surface area contributed by atoms with Gasteiger partial charge in [-0.15, -0.1) is 0 Å². The highest BCUT2D eigenvalue weighted by Gasteiger charge is 2.15. The summed E-state index contributed by atoms with van der Waals surface area (Å²) in [6.07, 6.45) is 3.30. The Morgan fingerprint density at radius 3 is 2.65 bits per heavy atom. The molecule has 3 amide bonds. The number of hydrogen-bond acceptors (Lipinski definition) is 6. The van der Waals surface area contributed by atoms with Crippen LogP contribution in [0.2, 0.25) is 0 Å². The Kier molecular flexibility index (Phi) is 7.97. The monoisotopic (exact) mass is 362 g/mol. The van der Waals surface area contributed by atoms with Gasteiger partial charge < -0.3 is 10.1 Å². The predicted molar refractivity (Wildman–Crippen MR) is 95.6 cm³/mol. The van der Waals surface area contributed by atoms with Gasteiger partial charge in [0.2, 0.25) is 0 Å². The number of carbonyl (C=O) groups is 3. The van der Waals surface area contributed by atoms with E-state index in [0.29, 0.717) is 11.1 Å². The fourth-order valence-corrected chi connectivity index (χ4v) is 1.65. The summed E-state index contributed by atoms with van der Waals surface area (Å²) in [5.74, 6) is -1.14. The summed E-state index contributed by atoms with van der Waals surface area (Å²) >= 11 is 0. The third-order valence-electron chi connectivity index (χ3n) is 2.68. The third-order valence-corrected chi connectivity index (χ3v) is 2.68. The lowest BCUT2D eigenvalue weighted by Gasteiger charge is -2.19. The molecular weight excluding hydrogens is 340 g/mol. The van der Waals surface area contributed by atoms with Gasteiger partial charge in [0.25, 0.3) is 11.8 Å². The molecule has 26 heavy (non-hydrogen) atoms. The largest absolute Gasteiger partial charge is 0.444 e. The molecule has 0 fully saturated rings. The van der Waals surface area contributed by atoms with Crippen molar-refractivity contribution in [1.29, 1.82) is 0 Å². The first-order chi connectivity index (χ1) is 12.2. The second-order valence-electron chi connectivity index (χ2n) is 6.07. The average molecular weight is 362 g/mol. The van der Waals surface area contributed by atoms with E-state index in [0.717, 1.165) is 6.08 Å². The van der Waals surface area contributed by atoms with Crippen LogP contribution in [0.5, 0.6) is 0 Å². The molecule has 1 rings (SSSR count). The van der Waals surface area contributed by atoms with Crippen molar-refractivity contribution >= 4 is 30.2 Å². The molecule has 0 aliphatic carbocycles. The van der Waals surface area contributed by atoms with Crippen molar-refractivity contribution in [2.75, 3.05) is 6.54 Å². The molecule has 0 spiro atoms. The smallest absolute Gasteiger partial charge is 0.407 e. The zero-order chi connectivity index (χ0) is 19.6. The molecule has 0 aliphatic rings. The second kappa shape index (κ2) is 9.94. The molecule has 1 aromatic carbocycles. The van der Waals surface area contributed by atoms with Gasteiger partial charge in [0.05, 0.1) is 6.54 Å². The lowest BCUT2D eigenvalue weighted by atomic mass is 10.1. The number of amides is 3. The molecule has 9 heteroatoms. The van der Waals surface area contributed by atoms with Crippen LogP contribution in [-0.4, -0.2) is 41.5 Å². The number of nitrogens with zero attached hydrogens (tertiary/aromatic N) is 1. The molecule has 0 aromatic heterocycles. The van der Waals surface area contributed by atoms with Gasteiger partial charge in [-0.3, -0.25) is 14.8 Å². The normalized spacial score (nSPS) is 11.4. The zero-order valence-corrected chi connectivity index (χ0v) is 14.8. The van der Waals surface area contributed by atoms with Gasteiger partial charge >= 0.3 is 6.09 Å². The Morgan fingerprint density at radius 1 is 1.27 bits per heavy atom. The minimum absolute atomic E-state index is 0.0915. The van der Waals surface area contributed by atoms with Crippen molar-refractivity contribution in [2.24, 2.45) is 5.10 Å². The van der Waals surface area contributed by atoms with Crippen LogP contribution in [-0.2, 0) is 9.53 Å². The van der Waals surface area contributed by atoms with Crippen LogP contribution in [0, 0.1) is 0 Å². The first kappa shape index (κ1) is 20.8. The molecule has 9 nitrogen and oxygen atoms in total. The molecule has 0 saturated carbocycles. The van der Waals surface area contributed by atoms with Gasteiger partial charge in [-0.2, -0.15) is 5.10 Å². The molecule has 0 bridgehead atoms. The summed E-state index contributed by atoms with van der Waals surface area (Å²) < 4.78 is 5.05. The summed E-state index contributed by atoms with van der Waals surface area (Å²) in [7, 11) is 0. The van der Waals surface area contributed by atoms with Crippen molar-refractivity contribution in [3.8, 4) is 0 Å². The van der Waals surface area contributed by atoms with Crippen LogP contribution in [0.3, 0.4) is 0 Å². The van der Waals surface area contributed by atoms with Crippen molar-refractivity contribution in [1.82, 2.24) is 16.2 Å². The second-order valence-corrected chi connectivity index (χ2v) is 6.07. The van der Waals surface area contributed by atoms with E-state index in [2.05, 4.69) is 15.8 Å². The number of nitrogens with one attached hydrogen (secondary N) is 3. The number of hydrogen-bond donors (Lipinski definition) is 4. The topological polar surface area (TPSA) is 129 Å². The van der Waals surface area contributed by atoms with Crippen molar-refractivity contribution in [3.05, 3.63) is 41.5 Å². The van der Waals surface area contributed by atoms with E-state index in [4.69, 9.17) is 9.94 Å². The fourth-order valence-electron chi connectivity index (χ4n) is 1.65. The molecule has 0 unspecified atom stereocenters. The average Bonchev–Trinajstić information content (AvgIpc) is 2.57. The highest BCUT2D eigenvalue weighted by molar-refractivity contribution is 5.95. The van der Waals surface area contributed by atoms with Crippen molar-refractivity contribution in [2.45, 2.75) is 26.4 Å². The molecule has 0 saturated heterocycles. The summed E-state index contributed by atoms with van der Waals surface area (Å²) in [5, 5.41) is 14.6. The maximum absolute atomic E-state index is 12.0. The number of hydrazone groups is 1. The summed E-state index contributed by atoms with van der Waals surface area (Å²) in [5.41, 5.74) is 4.12. The van der Waals surface area contributed by atoms with E-state index < -0.39 is 23.5 Å². The summed E-state index contributed by atoms with van der Waals surface area (Å²) in [4.78, 5) is 34.4. The number of hydroxylamine groups is 1. The van der Waals surface area contributed by atoms with Gasteiger partial charge in [-0.1, -0.05) is 12.1 Å². The van der Waals surface area contributed by atoms with Gasteiger partial charge in [0.15, 0.2) is 0 Å². The van der Waals surface area contributed by atoms with Gasteiger partial charge in [0.1, 0.15) is 5.60 Å². The highest BCUT2D eigenvalue weighted by Crippen LogP contribution is 2.07. The SMILES string of the molecule is CC(C)(C)OC(=O)NCC=NNC(=O)c1cccc(C=CC(=O)NO)c1. The number of benzene rings is 1. The molecule has 0 radical (unpaired) electrons. The molecule has 0 heterocycles. The van der Waals surface area contributed by atoms with Gasteiger partial charge in [-0.05, 0) is 44.5 Å². The van der Waals surface area contributed by atoms with Crippen LogP contribution >= 0.6 is 0 Å². The number of ether oxygens (including phenoxy) is 1. The van der Waals surface area contributed by atoms with Crippen LogP contribution < -0.4 is 16.2 Å². The Labute approximate surface area is 151 Å². The molecule has 140 valence electrons. The molecular formula is C17H22N4O5. The third kappa shape index (κ3) is 8.60. The van der Waals surface area contributed by atoms with Crippen LogP contribution in [0.4, 0.5) is 4.79 Å². The first-order valence-corrected chi connectivity index (χ1v) is 7.72. The van der Waals surface area contributed by atoms with Crippen LogP contribution in [0.1, 0.15) is 36.7 Å². The van der Waals surface area contributed by atoms with Crippen LogP contribution in [0.15, 0.2) is 35.4 Å². The van der Waals surface area contributed by atoms with E-state index in [1.165, 1.54) is 17.8 Å². The summed E-state index contributed by atoms with van der Waals surface area (Å²) in [6.45, 7) is 5.34. The lowest BCUT2D eigenvalue weighted by Crippen LogP contribution is -2.33. The predicted octanol–water partition coefficient (Wildman–Crippen LogP) is 1.45. The summed E-state index contributed by atoms with van der Waals surface area (Å²) in [6, 6.07) is 6.45. The molecule has 1 aromatic rings. The number of carbonyl (C=O) groups excluding carboxylic acids is 3. The Hall–Kier alpha value is -3.20. The van der Waals surface area contributed by atoms with E-state index in [1.807, 2.05) is 0 Å².